The third-order valence-corrected chi connectivity index (χ3v) is 4.66. The van der Waals surface area contributed by atoms with Crippen molar-refractivity contribution in [1.29, 1.82) is 0 Å². The number of methoxy groups -OCH3 is 1. The zero-order chi connectivity index (χ0) is 16.6. The van der Waals surface area contributed by atoms with Gasteiger partial charge in [0.1, 0.15) is 16.8 Å². The molecule has 0 bridgehead atoms. The first-order valence-electron chi connectivity index (χ1n) is 7.96. The smallest absolute Gasteiger partial charge is 0.226 e. The summed E-state index contributed by atoms with van der Waals surface area (Å²) in [6.07, 6.45) is 4.67. The van der Waals surface area contributed by atoms with Gasteiger partial charge in [-0.1, -0.05) is 12.1 Å². The summed E-state index contributed by atoms with van der Waals surface area (Å²) in [6, 6.07) is 7.65. The topological polar surface area (TPSA) is 87.2 Å². The van der Waals surface area contributed by atoms with E-state index in [1.165, 1.54) is 0 Å². The van der Waals surface area contributed by atoms with Gasteiger partial charge in [0, 0.05) is 13.1 Å². The Morgan fingerprint density at radius 1 is 1.25 bits per heavy atom. The Hall–Kier alpha value is -2.67. The number of rotatable bonds is 3. The molecular weight excluding hydrogens is 306 g/mol. The number of nitrogens with one attached hydrogen (secondary N) is 1. The predicted octanol–water partition coefficient (Wildman–Crippen LogP) is 1.85. The van der Waals surface area contributed by atoms with Crippen LogP contribution in [0.1, 0.15) is 18.4 Å². The zero-order valence-electron chi connectivity index (χ0n) is 13.4. The van der Waals surface area contributed by atoms with Crippen LogP contribution in [0.4, 0.5) is 5.95 Å². The maximum Gasteiger partial charge on any atom is 0.226 e. The second-order valence-electron chi connectivity index (χ2n) is 6.09. The number of nitrogens with zero attached hydrogens (tertiary/aromatic N) is 4. The third kappa shape index (κ3) is 2.56. The van der Waals surface area contributed by atoms with Crippen molar-refractivity contribution in [2.75, 3.05) is 25.1 Å². The minimum absolute atomic E-state index is 0.618. The van der Waals surface area contributed by atoms with E-state index in [4.69, 9.17) is 4.74 Å². The number of fused-ring (bicyclic) bond motifs is 1. The summed E-state index contributed by atoms with van der Waals surface area (Å²) in [7, 11) is 1.63. The van der Waals surface area contributed by atoms with E-state index in [0.717, 1.165) is 22.3 Å². The predicted molar refractivity (Wildman–Crippen MR) is 90.0 cm³/mol. The number of anilines is 1. The third-order valence-electron chi connectivity index (χ3n) is 4.66. The summed E-state index contributed by atoms with van der Waals surface area (Å²) < 4.78 is 5.26. The molecule has 3 heterocycles. The molecule has 7 nitrogen and oxygen atoms in total. The van der Waals surface area contributed by atoms with Crippen molar-refractivity contribution >= 4 is 17.0 Å². The van der Waals surface area contributed by atoms with Crippen molar-refractivity contribution in [3.8, 4) is 5.75 Å². The first-order valence-corrected chi connectivity index (χ1v) is 7.96. The molecule has 0 atom stereocenters. The van der Waals surface area contributed by atoms with Gasteiger partial charge in [0.25, 0.3) is 0 Å². The summed E-state index contributed by atoms with van der Waals surface area (Å²) in [4.78, 5) is 11.0. The van der Waals surface area contributed by atoms with Gasteiger partial charge in [-0.3, -0.25) is 5.10 Å². The number of aliphatic hydroxyl groups is 1. The first kappa shape index (κ1) is 14.9. The van der Waals surface area contributed by atoms with Gasteiger partial charge in [0.15, 0.2) is 0 Å². The highest BCUT2D eigenvalue weighted by Crippen LogP contribution is 2.35. The number of ether oxygens (including phenoxy) is 1. The Morgan fingerprint density at radius 3 is 2.88 bits per heavy atom. The highest BCUT2D eigenvalue weighted by atomic mass is 16.5. The van der Waals surface area contributed by atoms with Crippen LogP contribution in [0.25, 0.3) is 11.0 Å². The van der Waals surface area contributed by atoms with Crippen molar-refractivity contribution in [3.05, 3.63) is 42.2 Å². The maximum atomic E-state index is 11.0. The number of H-pyrrole nitrogens is 1. The van der Waals surface area contributed by atoms with Gasteiger partial charge in [0.05, 0.1) is 25.1 Å². The molecular formula is C17H19N5O2. The zero-order valence-corrected chi connectivity index (χ0v) is 13.4. The van der Waals surface area contributed by atoms with Crippen LogP contribution in [-0.4, -0.2) is 45.5 Å². The van der Waals surface area contributed by atoms with Crippen LogP contribution in [0.15, 0.2) is 36.7 Å². The van der Waals surface area contributed by atoms with Crippen LogP contribution < -0.4 is 9.64 Å². The van der Waals surface area contributed by atoms with Gasteiger partial charge in [-0.05, 0) is 30.5 Å². The van der Waals surface area contributed by atoms with Crippen LogP contribution in [0.5, 0.6) is 5.75 Å². The van der Waals surface area contributed by atoms with E-state index >= 15 is 0 Å². The second-order valence-corrected chi connectivity index (χ2v) is 6.09. The summed E-state index contributed by atoms with van der Waals surface area (Å²) in [6.45, 7) is 1.38. The van der Waals surface area contributed by atoms with Crippen LogP contribution in [0.2, 0.25) is 0 Å². The fourth-order valence-electron chi connectivity index (χ4n) is 3.16. The van der Waals surface area contributed by atoms with Gasteiger partial charge in [0.2, 0.25) is 5.95 Å². The van der Waals surface area contributed by atoms with Crippen LogP contribution in [0.3, 0.4) is 0 Å². The van der Waals surface area contributed by atoms with Crippen LogP contribution in [-0.2, 0) is 5.60 Å². The van der Waals surface area contributed by atoms with E-state index < -0.39 is 5.60 Å². The van der Waals surface area contributed by atoms with Crippen molar-refractivity contribution in [3.63, 3.8) is 0 Å². The standard InChI is InChI=1S/C17H19N5O2/c1-24-13-4-2-3-12(9-13)17(23)5-7-22(8-6-17)16-18-10-15-14(20-16)11-19-21-15/h2-4,9-11,23H,5-8H2,1H3,(H,19,21). The summed E-state index contributed by atoms with van der Waals surface area (Å²) in [5.41, 5.74) is 1.68. The molecule has 0 aliphatic carbocycles. The Bertz CT molecular complexity index is 855. The minimum atomic E-state index is -0.842. The highest BCUT2D eigenvalue weighted by molar-refractivity contribution is 5.73. The fraction of sp³-hybridized carbons (Fsp3) is 0.353. The van der Waals surface area contributed by atoms with Crippen molar-refractivity contribution in [2.45, 2.75) is 18.4 Å². The lowest BCUT2D eigenvalue weighted by molar-refractivity contribution is 0.0113. The van der Waals surface area contributed by atoms with E-state index in [-0.39, 0.29) is 0 Å². The van der Waals surface area contributed by atoms with Gasteiger partial charge >= 0.3 is 0 Å². The Kier molecular flexibility index (Phi) is 3.57. The van der Waals surface area contributed by atoms with E-state index in [9.17, 15) is 5.11 Å². The summed E-state index contributed by atoms with van der Waals surface area (Å²) >= 11 is 0. The maximum absolute atomic E-state index is 11.0. The molecule has 1 aliphatic rings. The number of hydrogen-bond acceptors (Lipinski definition) is 6. The van der Waals surface area contributed by atoms with Gasteiger partial charge in [-0.15, -0.1) is 0 Å². The summed E-state index contributed by atoms with van der Waals surface area (Å²) in [5, 5.41) is 17.8. The minimum Gasteiger partial charge on any atom is -0.497 e. The number of aromatic nitrogens is 4. The number of aromatic amines is 1. The Labute approximate surface area is 139 Å². The number of benzene rings is 1. The lowest BCUT2D eigenvalue weighted by Gasteiger charge is -2.38. The van der Waals surface area contributed by atoms with Crippen LogP contribution in [0, 0.1) is 0 Å². The lowest BCUT2D eigenvalue weighted by atomic mass is 9.84. The van der Waals surface area contributed by atoms with E-state index in [2.05, 4.69) is 25.1 Å². The molecule has 0 radical (unpaired) electrons. The highest BCUT2D eigenvalue weighted by Gasteiger charge is 2.35. The van der Waals surface area contributed by atoms with E-state index in [1.807, 2.05) is 24.3 Å². The molecule has 4 rings (SSSR count). The van der Waals surface area contributed by atoms with Gasteiger partial charge in [-0.2, -0.15) is 5.10 Å². The van der Waals surface area contributed by atoms with Crippen molar-refractivity contribution in [2.24, 2.45) is 0 Å². The molecule has 1 saturated heterocycles. The molecule has 1 aromatic carbocycles. The van der Waals surface area contributed by atoms with Gasteiger partial charge < -0.3 is 14.7 Å². The molecule has 0 unspecified atom stereocenters. The molecule has 1 aliphatic heterocycles. The normalized spacial score (nSPS) is 17.2. The molecule has 2 N–H and O–H groups in total. The fourth-order valence-corrected chi connectivity index (χ4v) is 3.16. The first-order chi connectivity index (χ1) is 11.7. The average Bonchev–Trinajstić information content (AvgIpc) is 3.10. The van der Waals surface area contributed by atoms with Crippen molar-refractivity contribution in [1.82, 2.24) is 20.2 Å². The molecule has 0 spiro atoms. The Morgan fingerprint density at radius 2 is 2.08 bits per heavy atom. The molecule has 3 aromatic rings. The monoisotopic (exact) mass is 325 g/mol. The molecule has 24 heavy (non-hydrogen) atoms. The molecule has 2 aromatic heterocycles. The lowest BCUT2D eigenvalue weighted by Crippen LogP contribution is -2.43. The Balaban J connectivity index is 1.53. The molecule has 124 valence electrons. The number of hydrogen-bond donors (Lipinski definition) is 2. The molecule has 1 fully saturated rings. The van der Waals surface area contributed by atoms with Crippen LogP contribution >= 0.6 is 0 Å². The van der Waals surface area contributed by atoms with E-state index in [0.29, 0.717) is 31.9 Å². The second kappa shape index (κ2) is 5.76. The van der Waals surface area contributed by atoms with Gasteiger partial charge in [-0.25, -0.2) is 9.97 Å². The average molecular weight is 325 g/mol. The largest absolute Gasteiger partial charge is 0.497 e. The van der Waals surface area contributed by atoms with E-state index in [1.54, 1.807) is 19.5 Å². The molecule has 0 amide bonds. The number of piperidine rings is 1. The summed E-state index contributed by atoms with van der Waals surface area (Å²) in [5.74, 6) is 1.44. The molecule has 7 heteroatoms. The SMILES string of the molecule is COc1cccc(C2(O)CCN(c3ncc4[nH]ncc4n3)CC2)c1. The quantitative estimate of drug-likeness (QED) is 0.764. The molecule has 0 saturated carbocycles. The van der Waals surface area contributed by atoms with Crippen molar-refractivity contribution < 1.29 is 9.84 Å².